The van der Waals surface area contributed by atoms with Gasteiger partial charge in [0.1, 0.15) is 12.4 Å². The molecular weight excluding hydrogens is 502 g/mol. The Balaban J connectivity index is 1.15. The summed E-state index contributed by atoms with van der Waals surface area (Å²) >= 11 is 0. The molecule has 9 heteroatoms. The maximum atomic E-state index is 13.7. The second kappa shape index (κ2) is 11.1. The SMILES string of the molecule is CC(C)n1ncn(-c2ccc(N3CCN(C(C(=O)Nc4ccc5c(c4)CCC5)c4cccnc4)CC3)cc2)c1=O. The molecule has 6 rings (SSSR count). The van der Waals surface area contributed by atoms with Crippen molar-refractivity contribution in [3.8, 4) is 5.69 Å². The highest BCUT2D eigenvalue weighted by Crippen LogP contribution is 2.28. The second-order valence-electron chi connectivity index (χ2n) is 10.9. The normalized spacial score (nSPS) is 16.2. The Labute approximate surface area is 234 Å². The molecule has 1 fully saturated rings. The summed E-state index contributed by atoms with van der Waals surface area (Å²) in [6, 6.07) is 17.8. The summed E-state index contributed by atoms with van der Waals surface area (Å²) in [7, 11) is 0. The summed E-state index contributed by atoms with van der Waals surface area (Å²) in [4.78, 5) is 35.2. The number of nitrogens with one attached hydrogen (secondary N) is 1. The molecule has 40 heavy (non-hydrogen) atoms. The monoisotopic (exact) mass is 537 g/mol. The number of nitrogens with zero attached hydrogens (tertiary/aromatic N) is 6. The van der Waals surface area contributed by atoms with E-state index in [9.17, 15) is 9.59 Å². The number of carbonyl (C=O) groups excluding carboxylic acids is 1. The van der Waals surface area contributed by atoms with Crippen LogP contribution < -0.4 is 15.9 Å². The predicted octanol–water partition coefficient (Wildman–Crippen LogP) is 4.00. The summed E-state index contributed by atoms with van der Waals surface area (Å²) in [5, 5.41) is 7.41. The van der Waals surface area contributed by atoms with Gasteiger partial charge in [0.2, 0.25) is 5.91 Å². The van der Waals surface area contributed by atoms with Crippen LogP contribution in [0.25, 0.3) is 5.69 Å². The number of pyridine rings is 1. The molecule has 1 unspecified atom stereocenters. The standard InChI is InChI=1S/C31H35N7O2/c1-22(2)38-31(40)37(21-33-38)28-12-10-27(11-13-28)35-15-17-36(18-16-35)29(25-7-4-14-32-20-25)30(39)34-26-9-8-23-5-3-6-24(23)19-26/h4,7-14,19-22,29H,3,5-6,15-18H2,1-2H3,(H,34,39). The van der Waals surface area contributed by atoms with Crippen molar-refractivity contribution in [2.24, 2.45) is 0 Å². The van der Waals surface area contributed by atoms with E-state index in [1.807, 2.05) is 56.3 Å². The van der Waals surface area contributed by atoms with E-state index in [1.54, 1.807) is 23.3 Å². The number of rotatable bonds is 7. The van der Waals surface area contributed by atoms with E-state index in [4.69, 9.17) is 0 Å². The fourth-order valence-corrected chi connectivity index (χ4v) is 5.84. The van der Waals surface area contributed by atoms with Crippen LogP contribution in [0.3, 0.4) is 0 Å². The first-order valence-corrected chi connectivity index (χ1v) is 14.1. The lowest BCUT2D eigenvalue weighted by Crippen LogP contribution is -2.50. The quantitative estimate of drug-likeness (QED) is 0.384. The van der Waals surface area contributed by atoms with Gasteiger partial charge in [-0.1, -0.05) is 12.1 Å². The van der Waals surface area contributed by atoms with E-state index in [2.05, 4.69) is 37.3 Å². The molecule has 1 amide bonds. The number of amides is 1. The van der Waals surface area contributed by atoms with Crippen molar-refractivity contribution in [3.05, 3.63) is 100 Å². The lowest BCUT2D eigenvalue weighted by atomic mass is 10.0. The van der Waals surface area contributed by atoms with Crippen LogP contribution in [0.4, 0.5) is 11.4 Å². The van der Waals surface area contributed by atoms with E-state index < -0.39 is 6.04 Å². The lowest BCUT2D eigenvalue weighted by Gasteiger charge is -2.39. The predicted molar refractivity (Wildman–Crippen MR) is 156 cm³/mol. The van der Waals surface area contributed by atoms with Gasteiger partial charge in [-0.15, -0.1) is 0 Å². The smallest absolute Gasteiger partial charge is 0.350 e. The Morgan fingerprint density at radius 1 is 0.925 bits per heavy atom. The maximum Gasteiger partial charge on any atom is 0.350 e. The fraction of sp³-hybridized carbons (Fsp3) is 0.355. The van der Waals surface area contributed by atoms with Crippen LogP contribution in [-0.2, 0) is 17.6 Å². The third kappa shape index (κ3) is 5.16. The average molecular weight is 538 g/mol. The van der Waals surface area contributed by atoms with Crippen LogP contribution in [0.2, 0.25) is 0 Å². The molecule has 206 valence electrons. The number of hydrogen-bond acceptors (Lipinski definition) is 6. The largest absolute Gasteiger partial charge is 0.369 e. The maximum absolute atomic E-state index is 13.7. The number of hydrogen-bond donors (Lipinski definition) is 1. The summed E-state index contributed by atoms with van der Waals surface area (Å²) in [5.41, 5.74) is 6.23. The molecule has 4 aromatic rings. The van der Waals surface area contributed by atoms with Crippen molar-refractivity contribution in [1.82, 2.24) is 24.2 Å². The van der Waals surface area contributed by atoms with Gasteiger partial charge in [0.05, 0.1) is 11.7 Å². The lowest BCUT2D eigenvalue weighted by molar-refractivity contribution is -0.121. The first kappa shape index (κ1) is 26.0. The molecular formula is C31H35N7O2. The number of carbonyl (C=O) groups is 1. The van der Waals surface area contributed by atoms with Crippen LogP contribution >= 0.6 is 0 Å². The van der Waals surface area contributed by atoms with Gasteiger partial charge in [0.25, 0.3) is 0 Å². The van der Waals surface area contributed by atoms with Gasteiger partial charge in [0, 0.05) is 49.9 Å². The molecule has 2 aromatic carbocycles. The number of anilines is 2. The highest BCUT2D eigenvalue weighted by molar-refractivity contribution is 5.95. The molecule has 2 aromatic heterocycles. The minimum atomic E-state index is -0.421. The first-order valence-electron chi connectivity index (χ1n) is 14.1. The third-order valence-electron chi connectivity index (χ3n) is 7.97. The van der Waals surface area contributed by atoms with E-state index >= 15 is 0 Å². The van der Waals surface area contributed by atoms with Gasteiger partial charge in [-0.3, -0.25) is 14.7 Å². The minimum Gasteiger partial charge on any atom is -0.369 e. The average Bonchev–Trinajstić information content (AvgIpc) is 3.60. The molecule has 0 bridgehead atoms. The van der Waals surface area contributed by atoms with Gasteiger partial charge < -0.3 is 10.2 Å². The van der Waals surface area contributed by atoms with E-state index in [1.165, 1.54) is 22.2 Å². The molecule has 0 radical (unpaired) electrons. The molecule has 3 heterocycles. The number of aryl methyl sites for hydroxylation is 2. The van der Waals surface area contributed by atoms with E-state index in [0.29, 0.717) is 0 Å². The van der Waals surface area contributed by atoms with Crippen molar-refractivity contribution in [3.63, 3.8) is 0 Å². The highest BCUT2D eigenvalue weighted by atomic mass is 16.2. The molecule has 1 aliphatic heterocycles. The zero-order chi connectivity index (χ0) is 27.6. The fourth-order valence-electron chi connectivity index (χ4n) is 5.84. The van der Waals surface area contributed by atoms with Crippen LogP contribution in [0.15, 0.2) is 78.1 Å². The van der Waals surface area contributed by atoms with Gasteiger partial charge in [0.15, 0.2) is 0 Å². The van der Waals surface area contributed by atoms with Crippen molar-refractivity contribution in [1.29, 1.82) is 0 Å². The summed E-state index contributed by atoms with van der Waals surface area (Å²) in [5.74, 6) is -0.0314. The molecule has 1 saturated heterocycles. The Hall–Kier alpha value is -4.24. The Bertz CT molecular complexity index is 1530. The van der Waals surface area contributed by atoms with Gasteiger partial charge >= 0.3 is 5.69 Å². The van der Waals surface area contributed by atoms with Crippen molar-refractivity contribution >= 4 is 17.3 Å². The first-order chi connectivity index (χ1) is 19.5. The van der Waals surface area contributed by atoms with Crippen LogP contribution in [-0.4, -0.2) is 56.3 Å². The third-order valence-corrected chi connectivity index (χ3v) is 7.97. The zero-order valence-corrected chi connectivity index (χ0v) is 23.0. The second-order valence-corrected chi connectivity index (χ2v) is 10.9. The topological polar surface area (TPSA) is 88.3 Å². The Kier molecular flexibility index (Phi) is 7.21. The van der Waals surface area contributed by atoms with Gasteiger partial charge in [-0.05, 0) is 92.3 Å². The molecule has 0 spiro atoms. The van der Waals surface area contributed by atoms with Crippen molar-refractivity contribution in [2.45, 2.75) is 45.2 Å². The molecule has 0 saturated carbocycles. The van der Waals surface area contributed by atoms with Gasteiger partial charge in [-0.2, -0.15) is 5.10 Å². The van der Waals surface area contributed by atoms with Gasteiger partial charge in [-0.25, -0.2) is 14.0 Å². The van der Waals surface area contributed by atoms with Crippen LogP contribution in [0.1, 0.15) is 49.0 Å². The molecule has 2 aliphatic rings. The molecule has 9 nitrogen and oxygen atoms in total. The van der Waals surface area contributed by atoms with E-state index in [-0.39, 0.29) is 17.6 Å². The number of benzene rings is 2. The van der Waals surface area contributed by atoms with Crippen LogP contribution in [0, 0.1) is 0 Å². The zero-order valence-electron chi connectivity index (χ0n) is 23.0. The van der Waals surface area contributed by atoms with E-state index in [0.717, 1.165) is 61.6 Å². The summed E-state index contributed by atoms with van der Waals surface area (Å²) < 4.78 is 3.05. The van der Waals surface area contributed by atoms with Crippen molar-refractivity contribution in [2.75, 3.05) is 36.4 Å². The summed E-state index contributed by atoms with van der Waals surface area (Å²) in [6.07, 6.45) is 8.48. The molecule has 1 atom stereocenters. The number of piperazine rings is 1. The number of aromatic nitrogens is 4. The number of fused-ring (bicyclic) bond motifs is 1. The summed E-state index contributed by atoms with van der Waals surface area (Å²) in [6.45, 7) is 6.92. The highest BCUT2D eigenvalue weighted by Gasteiger charge is 2.31. The Morgan fingerprint density at radius 2 is 1.68 bits per heavy atom. The Morgan fingerprint density at radius 3 is 2.38 bits per heavy atom. The van der Waals surface area contributed by atoms with Crippen LogP contribution in [0.5, 0.6) is 0 Å². The molecule has 1 N–H and O–H groups in total. The minimum absolute atomic E-state index is 0.00953. The molecule has 1 aliphatic carbocycles. The van der Waals surface area contributed by atoms with Crippen molar-refractivity contribution < 1.29 is 4.79 Å².